The van der Waals surface area contributed by atoms with E-state index < -0.39 is 9.84 Å². The van der Waals surface area contributed by atoms with E-state index in [0.717, 1.165) is 19.0 Å². The number of furan rings is 1. The molecule has 2 aliphatic rings. The summed E-state index contributed by atoms with van der Waals surface area (Å²) in [6, 6.07) is 7.18. The quantitative estimate of drug-likeness (QED) is 0.760. The molecule has 2 fully saturated rings. The number of nitrogens with zero attached hydrogens (tertiary/aromatic N) is 2. The topological polar surface area (TPSA) is 70.8 Å². The fourth-order valence-electron chi connectivity index (χ4n) is 3.83. The van der Waals surface area contributed by atoms with Crippen LogP contribution in [0.2, 0.25) is 0 Å². The van der Waals surface area contributed by atoms with Crippen molar-refractivity contribution < 1.29 is 17.6 Å². The van der Waals surface area contributed by atoms with Gasteiger partial charge in [-0.3, -0.25) is 4.79 Å². The van der Waals surface area contributed by atoms with Crippen LogP contribution < -0.4 is 4.90 Å². The molecular formula is C19H24N2O4S2. The third-order valence-electron chi connectivity index (χ3n) is 5.28. The predicted molar refractivity (Wildman–Crippen MR) is 106 cm³/mol. The van der Waals surface area contributed by atoms with Crippen molar-refractivity contribution in [2.45, 2.75) is 38.3 Å². The summed E-state index contributed by atoms with van der Waals surface area (Å²) in [7, 11) is -3.08. The molecule has 0 aliphatic carbocycles. The maximum atomic E-state index is 13.0. The summed E-state index contributed by atoms with van der Waals surface area (Å²) >= 11 is 1.38. The summed E-state index contributed by atoms with van der Waals surface area (Å²) in [5.41, 5.74) is 0. The number of hydrogen-bond donors (Lipinski definition) is 0. The average molecular weight is 409 g/mol. The molecule has 0 saturated carbocycles. The molecular weight excluding hydrogens is 384 g/mol. The van der Waals surface area contributed by atoms with Crippen LogP contribution >= 0.6 is 11.3 Å². The highest BCUT2D eigenvalue weighted by molar-refractivity contribution is 7.91. The summed E-state index contributed by atoms with van der Waals surface area (Å²) in [6.07, 6.45) is 4.07. The SMILES string of the molecule is O=C(c1cccs1)N(Cc1ccc(N2CCCCC2)o1)C1CCS(=O)(=O)C1. The third-order valence-corrected chi connectivity index (χ3v) is 7.89. The van der Waals surface area contributed by atoms with Crippen molar-refractivity contribution in [2.24, 2.45) is 0 Å². The van der Waals surface area contributed by atoms with E-state index in [1.807, 2.05) is 23.6 Å². The van der Waals surface area contributed by atoms with Crippen LogP contribution in [0.3, 0.4) is 0 Å². The molecule has 0 spiro atoms. The lowest BCUT2D eigenvalue weighted by atomic mass is 10.1. The Morgan fingerprint density at radius 2 is 2.04 bits per heavy atom. The molecule has 2 saturated heterocycles. The third kappa shape index (κ3) is 4.21. The standard InChI is InChI=1S/C19H24N2O4S2/c22-19(17-5-4-11-26-17)21(15-8-12-27(23,24)14-15)13-16-6-7-18(25-16)20-9-2-1-3-10-20/h4-7,11,15H,1-3,8-10,12-14H2. The number of hydrogen-bond acceptors (Lipinski definition) is 6. The van der Waals surface area contributed by atoms with Crippen molar-refractivity contribution in [1.29, 1.82) is 0 Å². The first-order valence-corrected chi connectivity index (χ1v) is 12.1. The predicted octanol–water partition coefficient (Wildman–Crippen LogP) is 3.16. The van der Waals surface area contributed by atoms with Crippen LogP contribution in [-0.4, -0.2) is 49.9 Å². The molecule has 1 atom stereocenters. The van der Waals surface area contributed by atoms with Gasteiger partial charge in [0.15, 0.2) is 15.7 Å². The van der Waals surface area contributed by atoms with Crippen molar-refractivity contribution in [3.05, 3.63) is 40.3 Å². The van der Waals surface area contributed by atoms with Gasteiger partial charge in [-0.05, 0) is 43.2 Å². The monoisotopic (exact) mass is 408 g/mol. The van der Waals surface area contributed by atoms with Crippen LogP contribution in [-0.2, 0) is 16.4 Å². The van der Waals surface area contributed by atoms with Crippen LogP contribution in [0.5, 0.6) is 0 Å². The first-order chi connectivity index (χ1) is 13.0. The van der Waals surface area contributed by atoms with Gasteiger partial charge in [-0.1, -0.05) is 6.07 Å². The molecule has 2 aliphatic heterocycles. The fraction of sp³-hybridized carbons (Fsp3) is 0.526. The molecule has 146 valence electrons. The normalized spacial score (nSPS) is 22.1. The van der Waals surface area contributed by atoms with E-state index in [1.165, 1.54) is 30.6 Å². The zero-order valence-electron chi connectivity index (χ0n) is 15.2. The van der Waals surface area contributed by atoms with Gasteiger partial charge in [-0.25, -0.2) is 8.42 Å². The molecule has 2 aromatic rings. The zero-order valence-corrected chi connectivity index (χ0v) is 16.8. The minimum atomic E-state index is -3.08. The number of thiophene rings is 1. The Morgan fingerprint density at radius 3 is 2.70 bits per heavy atom. The largest absolute Gasteiger partial charge is 0.444 e. The minimum absolute atomic E-state index is 0.0316. The number of sulfone groups is 1. The molecule has 8 heteroatoms. The van der Waals surface area contributed by atoms with E-state index in [2.05, 4.69) is 4.90 Å². The number of carbonyl (C=O) groups excluding carboxylic acids is 1. The van der Waals surface area contributed by atoms with Crippen LogP contribution in [0.1, 0.15) is 41.1 Å². The van der Waals surface area contributed by atoms with Crippen molar-refractivity contribution in [3.8, 4) is 0 Å². The molecule has 0 radical (unpaired) electrons. The van der Waals surface area contributed by atoms with Crippen molar-refractivity contribution in [1.82, 2.24) is 4.90 Å². The molecule has 1 unspecified atom stereocenters. The van der Waals surface area contributed by atoms with Gasteiger partial charge in [0.2, 0.25) is 0 Å². The van der Waals surface area contributed by atoms with Gasteiger partial charge in [0.1, 0.15) is 5.76 Å². The highest BCUT2D eigenvalue weighted by Crippen LogP contribution is 2.27. The summed E-state index contributed by atoms with van der Waals surface area (Å²) in [5.74, 6) is 1.59. The number of carbonyl (C=O) groups is 1. The number of anilines is 1. The number of amides is 1. The van der Waals surface area contributed by atoms with Crippen molar-refractivity contribution in [3.63, 3.8) is 0 Å². The summed E-state index contributed by atoms with van der Waals surface area (Å²) in [6.45, 7) is 2.28. The summed E-state index contributed by atoms with van der Waals surface area (Å²) < 4.78 is 29.9. The Morgan fingerprint density at radius 1 is 1.22 bits per heavy atom. The van der Waals surface area contributed by atoms with Gasteiger partial charge < -0.3 is 14.2 Å². The molecule has 6 nitrogen and oxygen atoms in total. The van der Waals surface area contributed by atoms with E-state index in [-0.39, 0.29) is 23.5 Å². The van der Waals surface area contributed by atoms with Crippen molar-refractivity contribution in [2.75, 3.05) is 29.5 Å². The molecule has 1 amide bonds. The van der Waals surface area contributed by atoms with E-state index in [0.29, 0.717) is 23.6 Å². The highest BCUT2D eigenvalue weighted by atomic mass is 32.2. The lowest BCUT2D eigenvalue weighted by molar-refractivity contribution is 0.0671. The molecule has 27 heavy (non-hydrogen) atoms. The molecule has 0 bridgehead atoms. The minimum Gasteiger partial charge on any atom is -0.444 e. The maximum absolute atomic E-state index is 13.0. The van der Waals surface area contributed by atoms with Crippen LogP contribution in [0.25, 0.3) is 0 Å². The van der Waals surface area contributed by atoms with Crippen LogP contribution in [0, 0.1) is 0 Å². The van der Waals surface area contributed by atoms with Gasteiger partial charge in [0.05, 0.1) is 22.9 Å². The second-order valence-electron chi connectivity index (χ2n) is 7.25. The average Bonchev–Trinajstić information content (AvgIpc) is 3.41. The lowest BCUT2D eigenvalue weighted by Crippen LogP contribution is -2.40. The number of piperidine rings is 1. The first-order valence-electron chi connectivity index (χ1n) is 9.40. The molecule has 2 aromatic heterocycles. The van der Waals surface area contributed by atoms with Gasteiger partial charge >= 0.3 is 0 Å². The van der Waals surface area contributed by atoms with Gasteiger partial charge in [0, 0.05) is 25.2 Å². The van der Waals surface area contributed by atoms with Gasteiger partial charge in [-0.2, -0.15) is 0 Å². The second-order valence-corrected chi connectivity index (χ2v) is 10.4. The van der Waals surface area contributed by atoms with Crippen LogP contribution in [0.4, 0.5) is 5.88 Å². The fourth-order valence-corrected chi connectivity index (χ4v) is 6.24. The molecule has 0 N–H and O–H groups in total. The highest BCUT2D eigenvalue weighted by Gasteiger charge is 2.35. The Bertz CT molecular complexity index is 883. The Balaban J connectivity index is 1.54. The Hall–Kier alpha value is -1.80. The van der Waals surface area contributed by atoms with E-state index in [9.17, 15) is 13.2 Å². The molecule has 4 rings (SSSR count). The van der Waals surface area contributed by atoms with E-state index in [4.69, 9.17) is 4.42 Å². The van der Waals surface area contributed by atoms with Crippen molar-refractivity contribution >= 4 is 33.0 Å². The lowest BCUT2D eigenvalue weighted by Gasteiger charge is -2.28. The second kappa shape index (κ2) is 7.67. The van der Waals surface area contributed by atoms with E-state index >= 15 is 0 Å². The zero-order chi connectivity index (χ0) is 18.9. The molecule has 4 heterocycles. The first kappa shape index (κ1) is 18.6. The Kier molecular flexibility index (Phi) is 5.27. The number of rotatable bonds is 5. The molecule has 0 aromatic carbocycles. The van der Waals surface area contributed by atoms with Gasteiger partial charge in [0.25, 0.3) is 5.91 Å². The summed E-state index contributed by atoms with van der Waals surface area (Å²) in [5, 5.41) is 1.86. The maximum Gasteiger partial charge on any atom is 0.264 e. The van der Waals surface area contributed by atoms with Crippen LogP contribution in [0.15, 0.2) is 34.1 Å². The smallest absolute Gasteiger partial charge is 0.264 e. The summed E-state index contributed by atoms with van der Waals surface area (Å²) in [4.78, 5) is 17.5. The Labute approximate surface area is 163 Å². The van der Waals surface area contributed by atoms with Gasteiger partial charge in [-0.15, -0.1) is 11.3 Å². The van der Waals surface area contributed by atoms with E-state index in [1.54, 1.807) is 11.0 Å².